The van der Waals surface area contributed by atoms with Gasteiger partial charge in [-0.15, -0.1) is 0 Å². The van der Waals surface area contributed by atoms with Gasteiger partial charge >= 0.3 is 0 Å². The first-order valence-corrected chi connectivity index (χ1v) is 10.6. The number of hydrogen-bond acceptors (Lipinski definition) is 16. The summed E-state index contributed by atoms with van der Waals surface area (Å²) in [6.07, 6.45) is -25.5. The molecule has 0 radical (unpaired) electrons. The lowest BCUT2D eigenvalue weighted by Crippen LogP contribution is -2.66. The monoisotopic (exact) mass is 504 g/mol. The average Bonchev–Trinajstić information content (AvgIpc) is 2.82. The number of hydrogen-bond donors (Lipinski definition) is 11. The Labute approximate surface area is 192 Å². The molecule has 0 aromatic rings. The van der Waals surface area contributed by atoms with Crippen molar-refractivity contribution in [3.05, 3.63) is 0 Å². The van der Waals surface area contributed by atoms with Crippen molar-refractivity contribution in [2.24, 2.45) is 0 Å². The Kier molecular flexibility index (Phi) is 9.54. The molecule has 3 aliphatic rings. The van der Waals surface area contributed by atoms with Crippen molar-refractivity contribution in [3.8, 4) is 0 Å². The van der Waals surface area contributed by atoms with Crippen LogP contribution in [0.3, 0.4) is 0 Å². The second kappa shape index (κ2) is 11.6. The summed E-state index contributed by atoms with van der Waals surface area (Å²) >= 11 is 0. The molecule has 0 aliphatic carbocycles. The van der Waals surface area contributed by atoms with E-state index in [1.165, 1.54) is 0 Å². The van der Waals surface area contributed by atoms with E-state index in [1.54, 1.807) is 0 Å². The highest BCUT2D eigenvalue weighted by Crippen LogP contribution is 2.32. The zero-order valence-electron chi connectivity index (χ0n) is 17.7. The van der Waals surface area contributed by atoms with Gasteiger partial charge in [0.05, 0.1) is 19.8 Å². The van der Waals surface area contributed by atoms with E-state index in [0.29, 0.717) is 0 Å². The van der Waals surface area contributed by atoms with Gasteiger partial charge in [0.25, 0.3) is 0 Å². The fourth-order valence-corrected chi connectivity index (χ4v) is 4.04. The topological polar surface area (TPSA) is 269 Å². The third-order valence-corrected chi connectivity index (χ3v) is 6.09. The van der Waals surface area contributed by atoms with Crippen LogP contribution in [0.1, 0.15) is 0 Å². The molecular formula is C18H32O16. The summed E-state index contributed by atoms with van der Waals surface area (Å²) in [5, 5.41) is 110. The number of rotatable bonds is 7. The molecule has 0 aromatic heterocycles. The van der Waals surface area contributed by atoms with Crippen LogP contribution in [0.25, 0.3) is 0 Å². The van der Waals surface area contributed by atoms with Crippen LogP contribution in [-0.4, -0.2) is 168 Å². The fourth-order valence-electron chi connectivity index (χ4n) is 4.04. The maximum Gasteiger partial charge on any atom is 0.187 e. The zero-order valence-corrected chi connectivity index (χ0v) is 17.7. The molecular weight excluding hydrogens is 472 g/mol. The van der Waals surface area contributed by atoms with Crippen LogP contribution in [0.15, 0.2) is 0 Å². The fraction of sp³-hybridized carbons (Fsp3) is 1.00. The molecule has 16 heteroatoms. The van der Waals surface area contributed by atoms with Crippen molar-refractivity contribution in [2.75, 3.05) is 19.8 Å². The molecule has 0 aromatic carbocycles. The standard InChI is InChI=1S/C18H32O16/c19-1-4-7(22)10(25)11(26)17(31-4)34-15-9(24)6(3-21)32-18(13(15)28)33-14-8(23)5(2-20)30-16(29)12(14)27/h4-29H,1-3H2/t4?,5?,6?,7-,8?,9-,10+,11?,12?,13?,14+,15+,16-,17+,18+/m1/s1. The quantitative estimate of drug-likeness (QED) is 0.154. The molecule has 0 bridgehead atoms. The van der Waals surface area contributed by atoms with Crippen molar-refractivity contribution in [1.29, 1.82) is 0 Å². The lowest BCUT2D eigenvalue weighted by Gasteiger charge is -2.47. The average molecular weight is 504 g/mol. The van der Waals surface area contributed by atoms with Crippen molar-refractivity contribution >= 4 is 0 Å². The van der Waals surface area contributed by atoms with E-state index in [4.69, 9.17) is 23.7 Å². The molecule has 0 saturated carbocycles. The van der Waals surface area contributed by atoms with Crippen molar-refractivity contribution in [1.82, 2.24) is 0 Å². The van der Waals surface area contributed by atoms with Gasteiger partial charge in [-0.1, -0.05) is 0 Å². The van der Waals surface area contributed by atoms with E-state index < -0.39 is 112 Å². The Hall–Kier alpha value is -0.640. The van der Waals surface area contributed by atoms with Crippen LogP contribution in [0, 0.1) is 0 Å². The van der Waals surface area contributed by atoms with Gasteiger partial charge in [-0.25, -0.2) is 0 Å². The highest BCUT2D eigenvalue weighted by Gasteiger charge is 2.53. The maximum atomic E-state index is 10.7. The summed E-state index contributed by atoms with van der Waals surface area (Å²) in [7, 11) is 0. The Morgan fingerprint density at radius 3 is 1.35 bits per heavy atom. The van der Waals surface area contributed by atoms with E-state index in [-0.39, 0.29) is 0 Å². The summed E-state index contributed by atoms with van der Waals surface area (Å²) in [4.78, 5) is 0. The molecule has 200 valence electrons. The lowest BCUT2D eigenvalue weighted by atomic mass is 9.96. The van der Waals surface area contributed by atoms with Gasteiger partial charge in [0.15, 0.2) is 18.9 Å². The van der Waals surface area contributed by atoms with Gasteiger partial charge in [0.2, 0.25) is 0 Å². The van der Waals surface area contributed by atoms with Crippen LogP contribution in [0.5, 0.6) is 0 Å². The molecule has 0 amide bonds. The van der Waals surface area contributed by atoms with Gasteiger partial charge in [-0.2, -0.15) is 0 Å². The predicted octanol–water partition coefficient (Wildman–Crippen LogP) is -7.57. The SMILES string of the molecule is OCC1O[C@@H](O)C(O)[C@@H](O[C@@H]2OC(CO)[C@@H](O)[C@H](O[C@@H]3OC(CO)[C@@H](O)[C@H](O)C3O)C2O)C1O. The van der Waals surface area contributed by atoms with Crippen LogP contribution >= 0.6 is 0 Å². The highest BCUT2D eigenvalue weighted by atomic mass is 16.7. The van der Waals surface area contributed by atoms with Crippen LogP contribution in [0.4, 0.5) is 0 Å². The molecule has 16 nitrogen and oxygen atoms in total. The number of aliphatic hydroxyl groups is 11. The summed E-state index contributed by atoms with van der Waals surface area (Å²) in [5.41, 5.74) is 0. The second-order valence-electron chi connectivity index (χ2n) is 8.33. The third-order valence-electron chi connectivity index (χ3n) is 6.09. The predicted molar refractivity (Wildman–Crippen MR) is 101 cm³/mol. The minimum atomic E-state index is -1.92. The second-order valence-corrected chi connectivity index (χ2v) is 8.33. The summed E-state index contributed by atoms with van der Waals surface area (Å²) < 4.78 is 26.2. The first-order chi connectivity index (χ1) is 16.0. The molecule has 34 heavy (non-hydrogen) atoms. The zero-order chi connectivity index (χ0) is 25.3. The molecule has 3 rings (SSSR count). The molecule has 7 unspecified atom stereocenters. The first-order valence-electron chi connectivity index (χ1n) is 10.6. The van der Waals surface area contributed by atoms with Crippen molar-refractivity contribution in [3.63, 3.8) is 0 Å². The van der Waals surface area contributed by atoms with Crippen molar-refractivity contribution in [2.45, 2.75) is 92.1 Å². The smallest absolute Gasteiger partial charge is 0.187 e. The number of aliphatic hydroxyl groups excluding tert-OH is 11. The van der Waals surface area contributed by atoms with Crippen LogP contribution < -0.4 is 0 Å². The molecule has 15 atom stereocenters. The van der Waals surface area contributed by atoms with E-state index in [0.717, 1.165) is 0 Å². The van der Waals surface area contributed by atoms with E-state index in [2.05, 4.69) is 0 Å². The van der Waals surface area contributed by atoms with E-state index >= 15 is 0 Å². The van der Waals surface area contributed by atoms with E-state index in [9.17, 15) is 56.2 Å². The van der Waals surface area contributed by atoms with Crippen molar-refractivity contribution < 1.29 is 79.9 Å². The summed E-state index contributed by atoms with van der Waals surface area (Å²) in [6, 6.07) is 0. The molecule has 3 heterocycles. The summed E-state index contributed by atoms with van der Waals surface area (Å²) in [5.74, 6) is 0. The summed E-state index contributed by atoms with van der Waals surface area (Å²) in [6.45, 7) is -2.33. The van der Waals surface area contributed by atoms with Crippen LogP contribution in [0.2, 0.25) is 0 Å². The first kappa shape index (κ1) is 27.9. The highest BCUT2D eigenvalue weighted by molar-refractivity contribution is 4.96. The maximum absolute atomic E-state index is 10.7. The van der Waals surface area contributed by atoms with Gasteiger partial charge in [-0.05, 0) is 0 Å². The minimum absolute atomic E-state index is 0.750. The minimum Gasteiger partial charge on any atom is -0.394 e. The lowest BCUT2D eigenvalue weighted by molar-refractivity contribution is -0.379. The molecule has 0 spiro atoms. The molecule has 3 fully saturated rings. The molecule has 3 aliphatic heterocycles. The largest absolute Gasteiger partial charge is 0.394 e. The van der Waals surface area contributed by atoms with Gasteiger partial charge in [-0.3, -0.25) is 0 Å². The van der Waals surface area contributed by atoms with Gasteiger partial charge in [0.1, 0.15) is 73.2 Å². The van der Waals surface area contributed by atoms with Crippen LogP contribution in [-0.2, 0) is 23.7 Å². The normalized spacial score (nSPS) is 52.5. The Bertz CT molecular complexity index is 639. The molecule has 3 saturated heterocycles. The van der Waals surface area contributed by atoms with Gasteiger partial charge < -0.3 is 79.9 Å². The van der Waals surface area contributed by atoms with E-state index in [1.807, 2.05) is 0 Å². The Balaban J connectivity index is 1.78. The Morgan fingerprint density at radius 1 is 0.441 bits per heavy atom. The molecule has 11 N–H and O–H groups in total. The third kappa shape index (κ3) is 5.37. The Morgan fingerprint density at radius 2 is 0.853 bits per heavy atom. The van der Waals surface area contributed by atoms with Gasteiger partial charge in [0, 0.05) is 0 Å². The number of ether oxygens (including phenoxy) is 5.